The molecule has 0 aromatic heterocycles. The van der Waals surface area contributed by atoms with Gasteiger partial charge in [-0.2, -0.15) is 0 Å². The Balaban J connectivity index is 1.66. The number of benzene rings is 2. The quantitative estimate of drug-likeness (QED) is 0.580. The highest BCUT2D eigenvalue weighted by Gasteiger charge is 2.25. The van der Waals surface area contributed by atoms with Crippen molar-refractivity contribution in [3.63, 3.8) is 0 Å². The third kappa shape index (κ3) is 3.69. The fourth-order valence-electron chi connectivity index (χ4n) is 2.34. The predicted molar refractivity (Wildman–Crippen MR) is 96.2 cm³/mol. The van der Waals surface area contributed by atoms with Gasteiger partial charge in [0.15, 0.2) is 5.75 Å². The highest BCUT2D eigenvalue weighted by molar-refractivity contribution is 8.00. The van der Waals surface area contributed by atoms with Crippen molar-refractivity contribution in [1.82, 2.24) is 0 Å². The van der Waals surface area contributed by atoms with Crippen LogP contribution in [0.3, 0.4) is 0 Å². The average Bonchev–Trinajstić information content (AvgIpc) is 2.58. The lowest BCUT2D eigenvalue weighted by Crippen LogP contribution is -2.37. The molecule has 0 bridgehead atoms. The van der Waals surface area contributed by atoms with Crippen molar-refractivity contribution in [2.24, 2.45) is 0 Å². The van der Waals surface area contributed by atoms with Gasteiger partial charge < -0.3 is 9.64 Å². The summed E-state index contributed by atoms with van der Waals surface area (Å²) in [5.41, 5.74) is 0.826. The fourth-order valence-corrected chi connectivity index (χ4v) is 3.60. The van der Waals surface area contributed by atoms with Gasteiger partial charge in [0.2, 0.25) is 5.91 Å². The summed E-state index contributed by atoms with van der Waals surface area (Å²) in [5, 5.41) is 0.516. The molecule has 0 atom stereocenters. The summed E-state index contributed by atoms with van der Waals surface area (Å²) in [6.07, 6.45) is 0.0631. The first-order chi connectivity index (χ1) is 11.6. The molecule has 3 rings (SSSR count). The van der Waals surface area contributed by atoms with Crippen LogP contribution in [0.15, 0.2) is 47.4 Å². The van der Waals surface area contributed by atoms with Crippen LogP contribution in [0, 0.1) is 0 Å². The van der Waals surface area contributed by atoms with Crippen molar-refractivity contribution in [3.8, 4) is 5.75 Å². The summed E-state index contributed by atoms with van der Waals surface area (Å²) in [5.74, 6) is 0.0941. The minimum Gasteiger partial charge on any atom is -0.425 e. The van der Waals surface area contributed by atoms with Crippen LogP contribution in [0.2, 0.25) is 10.0 Å². The second-order valence-corrected chi connectivity index (χ2v) is 6.88. The van der Waals surface area contributed by atoms with Crippen LogP contribution in [0.25, 0.3) is 0 Å². The van der Waals surface area contributed by atoms with Gasteiger partial charge in [-0.25, -0.2) is 0 Å². The highest BCUT2D eigenvalue weighted by Crippen LogP contribution is 2.35. The summed E-state index contributed by atoms with van der Waals surface area (Å²) in [7, 11) is 0. The monoisotopic (exact) mass is 381 g/mol. The van der Waals surface area contributed by atoms with Crippen molar-refractivity contribution in [3.05, 3.63) is 52.5 Å². The molecule has 1 heterocycles. The lowest BCUT2D eigenvalue weighted by molar-refractivity contribution is -0.134. The molecule has 0 fully saturated rings. The van der Waals surface area contributed by atoms with Gasteiger partial charge in [-0.05, 0) is 24.3 Å². The van der Waals surface area contributed by atoms with Gasteiger partial charge >= 0.3 is 5.97 Å². The number of ether oxygens (including phenoxy) is 1. The van der Waals surface area contributed by atoms with E-state index in [-0.39, 0.29) is 29.6 Å². The van der Waals surface area contributed by atoms with E-state index in [0.717, 1.165) is 10.6 Å². The maximum absolute atomic E-state index is 12.1. The molecule has 7 heteroatoms. The molecule has 2 aromatic rings. The molecule has 124 valence electrons. The number of thioether (sulfide) groups is 1. The summed E-state index contributed by atoms with van der Waals surface area (Å²) in [6.45, 7) is 0.257. The molecule has 2 aromatic carbocycles. The van der Waals surface area contributed by atoms with E-state index in [1.54, 1.807) is 23.1 Å². The van der Waals surface area contributed by atoms with E-state index in [4.69, 9.17) is 27.9 Å². The normalized spacial score (nSPS) is 13.6. The standard InChI is InChI=1S/C17H13Cl2NO3S/c18-11-4-3-6-13(17(11)19)23-16(22)8-9-20-12-5-1-2-7-14(12)24-10-15(20)21/h1-7H,8-10H2. The minimum absolute atomic E-state index is 0.0210. The first-order valence-corrected chi connectivity index (χ1v) is 8.97. The number of carbonyl (C=O) groups excluding carboxylic acids is 2. The molecule has 4 nitrogen and oxygen atoms in total. The zero-order valence-electron chi connectivity index (χ0n) is 12.5. The van der Waals surface area contributed by atoms with Crippen LogP contribution in [-0.2, 0) is 9.59 Å². The van der Waals surface area contributed by atoms with Gasteiger partial charge in [0.1, 0.15) is 5.02 Å². The van der Waals surface area contributed by atoms with Crippen LogP contribution in [-0.4, -0.2) is 24.2 Å². The molecule has 0 N–H and O–H groups in total. The van der Waals surface area contributed by atoms with Gasteiger partial charge in [0, 0.05) is 11.4 Å². The number of fused-ring (bicyclic) bond motifs is 1. The Kier molecular flexibility index (Phi) is 5.33. The number of carbonyl (C=O) groups is 2. The van der Waals surface area contributed by atoms with E-state index in [1.807, 2.05) is 24.3 Å². The zero-order chi connectivity index (χ0) is 17.1. The summed E-state index contributed by atoms with van der Waals surface area (Å²) in [6, 6.07) is 12.5. The van der Waals surface area contributed by atoms with Crippen LogP contribution in [0.5, 0.6) is 5.75 Å². The average molecular weight is 382 g/mol. The first kappa shape index (κ1) is 17.1. The van der Waals surface area contributed by atoms with Crippen molar-refractivity contribution in [1.29, 1.82) is 0 Å². The zero-order valence-corrected chi connectivity index (χ0v) is 14.8. The topological polar surface area (TPSA) is 46.6 Å². The molecule has 0 spiro atoms. The Morgan fingerprint density at radius 3 is 2.79 bits per heavy atom. The molecule has 0 saturated carbocycles. The van der Waals surface area contributed by atoms with E-state index in [1.165, 1.54) is 11.8 Å². The molecule has 1 aliphatic heterocycles. The minimum atomic E-state index is -0.470. The predicted octanol–water partition coefficient (Wildman–Crippen LogP) is 4.43. The van der Waals surface area contributed by atoms with Gasteiger partial charge in [-0.1, -0.05) is 41.4 Å². The number of amides is 1. The van der Waals surface area contributed by atoms with Crippen molar-refractivity contribution >= 4 is 52.5 Å². The Labute approximate surface area is 153 Å². The number of rotatable bonds is 4. The number of hydrogen-bond donors (Lipinski definition) is 0. The largest absolute Gasteiger partial charge is 0.425 e. The summed E-state index contributed by atoms with van der Waals surface area (Å²) < 4.78 is 5.24. The number of nitrogens with zero attached hydrogens (tertiary/aromatic N) is 1. The van der Waals surface area contributed by atoms with E-state index < -0.39 is 5.97 Å². The molecule has 0 radical (unpaired) electrons. The highest BCUT2D eigenvalue weighted by atomic mass is 35.5. The molecular weight excluding hydrogens is 369 g/mol. The second kappa shape index (κ2) is 7.47. The number of hydrogen-bond acceptors (Lipinski definition) is 4. The van der Waals surface area contributed by atoms with Crippen molar-refractivity contribution in [2.45, 2.75) is 11.3 Å². The van der Waals surface area contributed by atoms with E-state index >= 15 is 0 Å². The van der Waals surface area contributed by atoms with Crippen LogP contribution in [0.4, 0.5) is 5.69 Å². The lowest BCUT2D eigenvalue weighted by Gasteiger charge is -2.28. The van der Waals surface area contributed by atoms with E-state index in [2.05, 4.69) is 0 Å². The second-order valence-electron chi connectivity index (χ2n) is 5.08. The van der Waals surface area contributed by atoms with E-state index in [0.29, 0.717) is 10.8 Å². The molecule has 1 aliphatic rings. The van der Waals surface area contributed by atoms with Crippen molar-refractivity contribution in [2.75, 3.05) is 17.2 Å². The number of esters is 1. The van der Waals surface area contributed by atoms with Crippen molar-refractivity contribution < 1.29 is 14.3 Å². The molecule has 24 heavy (non-hydrogen) atoms. The first-order valence-electron chi connectivity index (χ1n) is 7.23. The van der Waals surface area contributed by atoms with Gasteiger partial charge in [-0.15, -0.1) is 11.8 Å². The summed E-state index contributed by atoms with van der Waals surface area (Å²) in [4.78, 5) is 26.9. The lowest BCUT2D eigenvalue weighted by atomic mass is 10.2. The Morgan fingerprint density at radius 2 is 1.96 bits per heavy atom. The number of halogens is 2. The van der Waals surface area contributed by atoms with E-state index in [9.17, 15) is 9.59 Å². The Morgan fingerprint density at radius 1 is 1.17 bits per heavy atom. The third-order valence-electron chi connectivity index (χ3n) is 3.49. The number of para-hydroxylation sites is 1. The SMILES string of the molecule is O=C(CCN1C(=O)CSc2ccccc21)Oc1cccc(Cl)c1Cl. The molecule has 0 unspecified atom stereocenters. The molecule has 0 aliphatic carbocycles. The molecular formula is C17H13Cl2NO3S. The van der Waals surface area contributed by atoms with Gasteiger partial charge in [0.05, 0.1) is 22.9 Å². The van der Waals surface area contributed by atoms with Gasteiger partial charge in [-0.3, -0.25) is 9.59 Å². The van der Waals surface area contributed by atoms with Crippen LogP contribution >= 0.6 is 35.0 Å². The number of anilines is 1. The molecule has 0 saturated heterocycles. The van der Waals surface area contributed by atoms with Crippen LogP contribution < -0.4 is 9.64 Å². The Bertz CT molecular complexity index is 797. The summed E-state index contributed by atoms with van der Waals surface area (Å²) >= 11 is 13.4. The fraction of sp³-hybridized carbons (Fsp3) is 0.176. The van der Waals surface area contributed by atoms with Crippen LogP contribution in [0.1, 0.15) is 6.42 Å². The smallest absolute Gasteiger partial charge is 0.313 e. The molecule has 1 amide bonds. The third-order valence-corrected chi connectivity index (χ3v) is 5.34. The maximum Gasteiger partial charge on any atom is 0.313 e. The van der Waals surface area contributed by atoms with Gasteiger partial charge in [0.25, 0.3) is 0 Å². The Hall–Kier alpha value is -1.69. The maximum atomic E-state index is 12.1.